The number of benzene rings is 3. The van der Waals surface area contributed by atoms with Gasteiger partial charge in [-0.05, 0) is 48.7 Å². The van der Waals surface area contributed by atoms with Gasteiger partial charge in [0.05, 0.1) is 18.1 Å². The van der Waals surface area contributed by atoms with Crippen LogP contribution in [-0.4, -0.2) is 26.6 Å². The zero-order chi connectivity index (χ0) is 22.2. The van der Waals surface area contributed by atoms with Crippen LogP contribution in [-0.2, 0) is 6.54 Å². The van der Waals surface area contributed by atoms with Gasteiger partial charge in [-0.25, -0.2) is 14.5 Å². The predicted octanol–water partition coefficient (Wildman–Crippen LogP) is 4.79. The largest absolute Gasteiger partial charge is 0.494 e. The van der Waals surface area contributed by atoms with Crippen molar-refractivity contribution in [2.45, 2.75) is 20.4 Å². The summed E-state index contributed by atoms with van der Waals surface area (Å²) in [6, 6.07) is 20.1. The van der Waals surface area contributed by atoms with Crippen LogP contribution in [0, 0.1) is 13.8 Å². The van der Waals surface area contributed by atoms with Crippen LogP contribution in [0.5, 0.6) is 5.75 Å². The van der Waals surface area contributed by atoms with Gasteiger partial charge in [-0.3, -0.25) is 0 Å². The van der Waals surface area contributed by atoms with Crippen molar-refractivity contribution in [3.8, 4) is 11.7 Å². The number of fused-ring (bicyclic) bond motifs is 2. The molecule has 0 atom stereocenters. The molecule has 7 nitrogen and oxygen atoms in total. The van der Waals surface area contributed by atoms with Gasteiger partial charge in [-0.2, -0.15) is 4.98 Å². The van der Waals surface area contributed by atoms with Crippen LogP contribution in [0.4, 0.5) is 11.8 Å². The Bertz CT molecular complexity index is 1440. The number of para-hydroxylation sites is 2. The Labute approximate surface area is 185 Å². The lowest BCUT2D eigenvalue weighted by Gasteiger charge is -2.16. The predicted molar refractivity (Wildman–Crippen MR) is 128 cm³/mol. The smallest absolute Gasteiger partial charge is 0.239 e. The normalized spacial score (nSPS) is 11.2. The monoisotopic (exact) mass is 424 g/mol. The second-order valence-corrected chi connectivity index (χ2v) is 7.75. The summed E-state index contributed by atoms with van der Waals surface area (Å²) in [6.45, 7) is 4.72. The zero-order valence-electron chi connectivity index (χ0n) is 18.3. The highest BCUT2D eigenvalue weighted by Gasteiger charge is 2.19. The molecule has 2 heterocycles. The zero-order valence-corrected chi connectivity index (χ0v) is 18.3. The molecule has 5 rings (SSSR count). The Morgan fingerprint density at radius 1 is 0.969 bits per heavy atom. The van der Waals surface area contributed by atoms with E-state index < -0.39 is 0 Å². The number of aryl methyl sites for hydroxylation is 1. The molecule has 160 valence electrons. The molecule has 32 heavy (non-hydrogen) atoms. The molecular formula is C25H24N6O. The Kier molecular flexibility index (Phi) is 4.86. The van der Waals surface area contributed by atoms with E-state index in [-0.39, 0.29) is 0 Å². The van der Waals surface area contributed by atoms with Gasteiger partial charge in [0.15, 0.2) is 0 Å². The molecule has 0 aliphatic heterocycles. The average Bonchev–Trinajstić information content (AvgIpc) is 3.15. The first-order chi connectivity index (χ1) is 15.6. The maximum Gasteiger partial charge on any atom is 0.239 e. The van der Waals surface area contributed by atoms with Crippen molar-refractivity contribution in [2.24, 2.45) is 0 Å². The molecule has 5 aromatic rings. The van der Waals surface area contributed by atoms with Gasteiger partial charge in [0.1, 0.15) is 17.1 Å². The molecule has 0 spiro atoms. The number of hydrogen-bond acceptors (Lipinski definition) is 6. The van der Waals surface area contributed by atoms with Gasteiger partial charge in [0.2, 0.25) is 11.9 Å². The third kappa shape index (κ3) is 3.28. The topological polar surface area (TPSA) is 90.9 Å². The summed E-state index contributed by atoms with van der Waals surface area (Å²) in [5, 5.41) is 4.39. The standard InChI is InChI=1S/C25H24N6O/c1-15-13-18-21(22(32-3)16(15)2)29-25(30-23(18)27-14-17-9-5-4-6-10-17)31-20-12-8-7-11-19(20)28-24(31)26/h4-13H,14H2,1-3H3,(H2,26,28)(H,27,29,30). The number of hydrogen-bond donors (Lipinski definition) is 2. The van der Waals surface area contributed by atoms with Gasteiger partial charge in [0.25, 0.3) is 0 Å². The lowest BCUT2D eigenvalue weighted by Crippen LogP contribution is -2.10. The summed E-state index contributed by atoms with van der Waals surface area (Å²) in [7, 11) is 1.67. The van der Waals surface area contributed by atoms with Gasteiger partial charge < -0.3 is 15.8 Å². The highest BCUT2D eigenvalue weighted by molar-refractivity contribution is 5.95. The van der Waals surface area contributed by atoms with Crippen LogP contribution in [0.3, 0.4) is 0 Å². The molecule has 0 saturated carbocycles. The van der Waals surface area contributed by atoms with E-state index in [1.165, 1.54) is 0 Å². The number of anilines is 2. The first-order valence-electron chi connectivity index (χ1n) is 10.4. The van der Waals surface area contributed by atoms with Crippen molar-refractivity contribution in [3.63, 3.8) is 0 Å². The van der Waals surface area contributed by atoms with E-state index in [0.29, 0.717) is 24.3 Å². The Hall–Kier alpha value is -4.13. The molecule has 0 aliphatic carbocycles. The highest BCUT2D eigenvalue weighted by atomic mass is 16.5. The van der Waals surface area contributed by atoms with Crippen LogP contribution in [0.1, 0.15) is 16.7 Å². The number of nitrogen functional groups attached to an aromatic ring is 1. The molecule has 3 aromatic carbocycles. The second-order valence-electron chi connectivity index (χ2n) is 7.75. The van der Waals surface area contributed by atoms with E-state index in [1.807, 2.05) is 49.4 Å². The molecule has 2 aromatic heterocycles. The molecule has 0 radical (unpaired) electrons. The van der Waals surface area contributed by atoms with Crippen molar-refractivity contribution in [1.82, 2.24) is 19.5 Å². The minimum absolute atomic E-state index is 0.336. The van der Waals surface area contributed by atoms with E-state index in [0.717, 1.165) is 44.4 Å². The maximum atomic E-state index is 6.29. The maximum absolute atomic E-state index is 6.29. The fourth-order valence-electron chi connectivity index (χ4n) is 3.97. The quantitative estimate of drug-likeness (QED) is 0.422. The van der Waals surface area contributed by atoms with Crippen molar-refractivity contribution in [1.29, 1.82) is 0 Å². The summed E-state index contributed by atoms with van der Waals surface area (Å²) in [5.41, 5.74) is 12.0. The molecule has 0 unspecified atom stereocenters. The second kappa shape index (κ2) is 7.85. The van der Waals surface area contributed by atoms with Gasteiger partial charge >= 0.3 is 0 Å². The van der Waals surface area contributed by atoms with E-state index in [4.69, 9.17) is 20.4 Å². The van der Waals surface area contributed by atoms with Crippen molar-refractivity contribution in [3.05, 3.63) is 77.4 Å². The van der Waals surface area contributed by atoms with Crippen LogP contribution in [0.15, 0.2) is 60.7 Å². The van der Waals surface area contributed by atoms with Gasteiger partial charge in [-0.1, -0.05) is 42.5 Å². The molecule has 3 N–H and O–H groups in total. The van der Waals surface area contributed by atoms with Crippen LogP contribution in [0.2, 0.25) is 0 Å². The third-order valence-electron chi connectivity index (χ3n) is 5.74. The average molecular weight is 425 g/mol. The number of rotatable bonds is 5. The number of imidazole rings is 1. The molecule has 0 saturated heterocycles. The molecule has 0 fully saturated rings. The highest BCUT2D eigenvalue weighted by Crippen LogP contribution is 2.35. The van der Waals surface area contributed by atoms with Gasteiger partial charge in [-0.15, -0.1) is 0 Å². The van der Waals surface area contributed by atoms with E-state index >= 15 is 0 Å². The van der Waals surface area contributed by atoms with Crippen molar-refractivity contribution in [2.75, 3.05) is 18.2 Å². The van der Waals surface area contributed by atoms with Crippen molar-refractivity contribution >= 4 is 33.7 Å². The summed E-state index contributed by atoms with van der Waals surface area (Å²) < 4.78 is 7.55. The Morgan fingerprint density at radius 2 is 1.72 bits per heavy atom. The minimum atomic E-state index is 0.336. The fraction of sp³-hybridized carbons (Fsp3) is 0.160. The molecule has 0 amide bonds. The van der Waals surface area contributed by atoms with Crippen LogP contribution >= 0.6 is 0 Å². The summed E-state index contributed by atoms with van der Waals surface area (Å²) in [6.07, 6.45) is 0. The SMILES string of the molecule is COc1c(C)c(C)cc2c(NCc3ccccc3)nc(-n3c(N)nc4ccccc43)nc12. The van der Waals surface area contributed by atoms with Crippen LogP contribution in [0.25, 0.3) is 27.9 Å². The lowest BCUT2D eigenvalue weighted by molar-refractivity contribution is 0.415. The first-order valence-corrected chi connectivity index (χ1v) is 10.4. The minimum Gasteiger partial charge on any atom is -0.494 e. The molecular weight excluding hydrogens is 400 g/mol. The number of nitrogens with one attached hydrogen (secondary N) is 1. The summed E-state index contributed by atoms with van der Waals surface area (Å²) in [4.78, 5) is 14.2. The van der Waals surface area contributed by atoms with E-state index in [1.54, 1.807) is 11.7 Å². The fourth-order valence-corrected chi connectivity index (χ4v) is 3.97. The van der Waals surface area contributed by atoms with Crippen LogP contribution < -0.4 is 15.8 Å². The number of aromatic nitrogens is 4. The number of methoxy groups -OCH3 is 1. The van der Waals surface area contributed by atoms with Crippen molar-refractivity contribution < 1.29 is 4.74 Å². The summed E-state index contributed by atoms with van der Waals surface area (Å²) in [5.74, 6) is 2.23. The van der Waals surface area contributed by atoms with E-state index in [9.17, 15) is 0 Å². The summed E-state index contributed by atoms with van der Waals surface area (Å²) >= 11 is 0. The number of ether oxygens (including phenoxy) is 1. The van der Waals surface area contributed by atoms with E-state index in [2.05, 4.69) is 35.4 Å². The first kappa shape index (κ1) is 19.8. The molecule has 0 aliphatic rings. The lowest BCUT2D eigenvalue weighted by atomic mass is 10.0. The molecule has 7 heteroatoms. The Morgan fingerprint density at radius 3 is 2.50 bits per heavy atom. The number of nitrogens with zero attached hydrogens (tertiary/aromatic N) is 4. The molecule has 0 bridgehead atoms. The number of nitrogens with two attached hydrogens (primary N) is 1. The third-order valence-corrected chi connectivity index (χ3v) is 5.74. The Balaban J connectivity index is 1.75. The van der Waals surface area contributed by atoms with Gasteiger partial charge in [0, 0.05) is 11.9 Å².